The van der Waals surface area contributed by atoms with E-state index in [1.807, 2.05) is 42.3 Å². The summed E-state index contributed by atoms with van der Waals surface area (Å²) < 4.78 is 0. The van der Waals surface area contributed by atoms with E-state index in [4.69, 9.17) is 0 Å². The van der Waals surface area contributed by atoms with Gasteiger partial charge in [-0.05, 0) is 32.4 Å². The number of hydrogen-bond acceptors (Lipinski definition) is 4. The minimum absolute atomic E-state index is 0. The molecule has 2 aromatic rings. The zero-order chi connectivity index (χ0) is 15.4. The summed E-state index contributed by atoms with van der Waals surface area (Å²) in [4.78, 5) is 19.8. The lowest BCUT2D eigenvalue weighted by Crippen LogP contribution is -2.42. The summed E-state index contributed by atoms with van der Waals surface area (Å²) in [5, 5.41) is 4.12. The molecular weight excluding hydrogens is 365 g/mol. The Labute approximate surface area is 159 Å². The Morgan fingerprint density at radius 1 is 1.33 bits per heavy atom. The number of carbonyl (C=O) groups is 1. The van der Waals surface area contributed by atoms with E-state index in [1.54, 1.807) is 6.20 Å². The van der Waals surface area contributed by atoms with Gasteiger partial charge < -0.3 is 10.2 Å². The summed E-state index contributed by atoms with van der Waals surface area (Å²) in [6, 6.07) is 10.0. The van der Waals surface area contributed by atoms with Crippen molar-refractivity contribution < 1.29 is 4.79 Å². The van der Waals surface area contributed by atoms with Crippen molar-refractivity contribution in [1.29, 1.82) is 0 Å². The first-order chi connectivity index (χ1) is 10.8. The van der Waals surface area contributed by atoms with Crippen LogP contribution >= 0.6 is 36.2 Å². The van der Waals surface area contributed by atoms with Crippen LogP contribution in [0, 0.1) is 5.92 Å². The van der Waals surface area contributed by atoms with Crippen molar-refractivity contribution in [3.8, 4) is 10.6 Å². The molecule has 3 rings (SSSR count). The molecule has 2 heterocycles. The maximum absolute atomic E-state index is 12.7. The fraction of sp³-hybridized carbons (Fsp3) is 0.412. The van der Waals surface area contributed by atoms with Gasteiger partial charge in [0, 0.05) is 18.7 Å². The van der Waals surface area contributed by atoms with Gasteiger partial charge in [0.25, 0.3) is 5.91 Å². The molecule has 1 amide bonds. The fourth-order valence-corrected chi connectivity index (χ4v) is 3.84. The van der Waals surface area contributed by atoms with E-state index in [0.717, 1.165) is 41.5 Å². The Morgan fingerprint density at radius 3 is 2.79 bits per heavy atom. The molecule has 1 saturated heterocycles. The molecule has 0 spiro atoms. The minimum atomic E-state index is 0. The molecule has 132 valence electrons. The lowest BCUT2D eigenvalue weighted by atomic mass is 9.98. The number of likely N-dealkylation sites (tertiary alicyclic amines) is 1. The van der Waals surface area contributed by atoms with Crippen LogP contribution < -0.4 is 5.32 Å². The van der Waals surface area contributed by atoms with Crippen LogP contribution in [0.5, 0.6) is 0 Å². The maximum atomic E-state index is 12.7. The summed E-state index contributed by atoms with van der Waals surface area (Å²) >= 11 is 1.48. The molecule has 0 aliphatic carbocycles. The van der Waals surface area contributed by atoms with Gasteiger partial charge in [-0.3, -0.25) is 4.79 Å². The quantitative estimate of drug-likeness (QED) is 0.868. The molecular formula is C17H23Cl2N3OS. The Kier molecular flexibility index (Phi) is 8.70. The Bertz CT molecular complexity index is 634. The van der Waals surface area contributed by atoms with E-state index in [2.05, 4.69) is 10.3 Å². The molecule has 0 bridgehead atoms. The molecule has 4 nitrogen and oxygen atoms in total. The van der Waals surface area contributed by atoms with Crippen molar-refractivity contribution in [2.24, 2.45) is 5.92 Å². The number of piperidine rings is 1. The summed E-state index contributed by atoms with van der Waals surface area (Å²) in [6.07, 6.45) is 4.00. The Morgan fingerprint density at radius 2 is 2.08 bits per heavy atom. The molecule has 1 aliphatic rings. The van der Waals surface area contributed by atoms with Crippen LogP contribution in [0.25, 0.3) is 10.6 Å². The second kappa shape index (κ2) is 9.99. The number of rotatable bonds is 4. The SMILES string of the molecule is CNCC1CCCN(C(=O)c2cnc(-c3ccccc3)s2)C1.Cl.Cl. The van der Waals surface area contributed by atoms with Crippen molar-refractivity contribution in [2.45, 2.75) is 12.8 Å². The van der Waals surface area contributed by atoms with E-state index in [9.17, 15) is 4.79 Å². The first kappa shape index (κ1) is 20.9. The smallest absolute Gasteiger partial charge is 0.265 e. The van der Waals surface area contributed by atoms with Crippen LogP contribution in [0.4, 0.5) is 0 Å². The fourth-order valence-electron chi connectivity index (χ4n) is 2.95. The van der Waals surface area contributed by atoms with Gasteiger partial charge in [0.05, 0.1) is 6.20 Å². The average Bonchev–Trinajstić information content (AvgIpc) is 3.05. The van der Waals surface area contributed by atoms with Crippen LogP contribution in [-0.2, 0) is 0 Å². The highest BCUT2D eigenvalue weighted by Gasteiger charge is 2.25. The van der Waals surface area contributed by atoms with Gasteiger partial charge in [0.1, 0.15) is 9.88 Å². The predicted octanol–water partition coefficient (Wildman–Crippen LogP) is 3.73. The van der Waals surface area contributed by atoms with Crippen molar-refractivity contribution in [3.63, 3.8) is 0 Å². The molecule has 0 radical (unpaired) electrons. The van der Waals surface area contributed by atoms with Gasteiger partial charge in [-0.2, -0.15) is 0 Å². The topological polar surface area (TPSA) is 45.2 Å². The Balaban J connectivity index is 0.00000144. The molecule has 1 fully saturated rings. The third-order valence-electron chi connectivity index (χ3n) is 4.04. The van der Waals surface area contributed by atoms with Gasteiger partial charge in [0.2, 0.25) is 0 Å². The highest BCUT2D eigenvalue weighted by molar-refractivity contribution is 7.16. The zero-order valence-electron chi connectivity index (χ0n) is 13.6. The number of hydrogen-bond donors (Lipinski definition) is 1. The number of aromatic nitrogens is 1. The van der Waals surface area contributed by atoms with Gasteiger partial charge in [-0.1, -0.05) is 30.3 Å². The van der Waals surface area contributed by atoms with Crippen molar-refractivity contribution in [1.82, 2.24) is 15.2 Å². The monoisotopic (exact) mass is 387 g/mol. The molecule has 1 aromatic carbocycles. The van der Waals surface area contributed by atoms with E-state index >= 15 is 0 Å². The summed E-state index contributed by atoms with van der Waals surface area (Å²) in [6.45, 7) is 2.68. The highest BCUT2D eigenvalue weighted by Crippen LogP contribution is 2.27. The number of carbonyl (C=O) groups excluding carboxylic acids is 1. The first-order valence-corrected chi connectivity index (χ1v) is 8.54. The van der Waals surface area contributed by atoms with Gasteiger partial charge in [-0.15, -0.1) is 36.2 Å². The number of halogens is 2. The van der Waals surface area contributed by atoms with Crippen LogP contribution in [0.2, 0.25) is 0 Å². The lowest BCUT2D eigenvalue weighted by molar-refractivity contribution is 0.0679. The summed E-state index contributed by atoms with van der Waals surface area (Å²) in [5.74, 6) is 0.685. The van der Waals surface area contributed by atoms with Crippen molar-refractivity contribution in [2.75, 3.05) is 26.7 Å². The van der Waals surface area contributed by atoms with E-state index < -0.39 is 0 Å². The summed E-state index contributed by atoms with van der Waals surface area (Å²) in [5.41, 5.74) is 1.07. The van der Waals surface area contributed by atoms with E-state index in [-0.39, 0.29) is 30.7 Å². The average molecular weight is 388 g/mol. The molecule has 1 atom stereocenters. The minimum Gasteiger partial charge on any atom is -0.338 e. The van der Waals surface area contributed by atoms with E-state index in [1.165, 1.54) is 17.8 Å². The normalized spacial score (nSPS) is 16.9. The Hall–Kier alpha value is -1.14. The number of nitrogens with zero attached hydrogens (tertiary/aromatic N) is 2. The molecule has 1 aromatic heterocycles. The molecule has 1 unspecified atom stereocenters. The largest absolute Gasteiger partial charge is 0.338 e. The lowest BCUT2D eigenvalue weighted by Gasteiger charge is -2.32. The van der Waals surface area contributed by atoms with Crippen molar-refractivity contribution in [3.05, 3.63) is 41.4 Å². The van der Waals surface area contributed by atoms with Gasteiger partial charge in [-0.25, -0.2) is 4.98 Å². The predicted molar refractivity (Wildman–Crippen MR) is 105 cm³/mol. The molecule has 7 heteroatoms. The number of benzene rings is 1. The number of thiazole rings is 1. The van der Waals surface area contributed by atoms with Crippen LogP contribution in [0.3, 0.4) is 0 Å². The second-order valence-corrected chi connectivity index (χ2v) is 6.74. The standard InChI is InChI=1S/C17H21N3OS.2ClH/c1-18-10-13-6-5-9-20(12-13)17(21)15-11-19-16(22-15)14-7-3-2-4-8-14;;/h2-4,7-8,11,13,18H,5-6,9-10,12H2,1H3;2*1H. The van der Waals surface area contributed by atoms with Crippen molar-refractivity contribution >= 4 is 42.1 Å². The van der Waals surface area contributed by atoms with Gasteiger partial charge >= 0.3 is 0 Å². The summed E-state index contributed by atoms with van der Waals surface area (Å²) in [7, 11) is 1.97. The second-order valence-electron chi connectivity index (χ2n) is 5.71. The first-order valence-electron chi connectivity index (χ1n) is 7.73. The molecule has 24 heavy (non-hydrogen) atoms. The third-order valence-corrected chi connectivity index (χ3v) is 5.07. The van der Waals surface area contributed by atoms with Crippen LogP contribution in [-0.4, -0.2) is 42.5 Å². The molecule has 0 saturated carbocycles. The van der Waals surface area contributed by atoms with Crippen LogP contribution in [0.15, 0.2) is 36.5 Å². The third kappa shape index (κ3) is 4.93. The maximum Gasteiger partial charge on any atom is 0.265 e. The number of amides is 1. The number of nitrogens with one attached hydrogen (secondary N) is 1. The molecule has 1 N–H and O–H groups in total. The van der Waals surface area contributed by atoms with Crippen LogP contribution in [0.1, 0.15) is 22.5 Å². The molecule has 1 aliphatic heterocycles. The zero-order valence-corrected chi connectivity index (χ0v) is 16.1. The van der Waals surface area contributed by atoms with Gasteiger partial charge in [0.15, 0.2) is 0 Å². The highest BCUT2D eigenvalue weighted by atomic mass is 35.5. The van der Waals surface area contributed by atoms with E-state index in [0.29, 0.717) is 5.92 Å².